The summed E-state index contributed by atoms with van der Waals surface area (Å²) in [6.45, 7) is 2.00. The Bertz CT molecular complexity index is 437. The Labute approximate surface area is 117 Å². The van der Waals surface area contributed by atoms with Gasteiger partial charge in [-0.25, -0.2) is 0 Å². The quantitative estimate of drug-likeness (QED) is 0.842. The van der Waals surface area contributed by atoms with Gasteiger partial charge in [-0.05, 0) is 24.1 Å². The molecule has 1 aromatic rings. The molecule has 18 heavy (non-hydrogen) atoms. The number of carboxylic acids is 1. The van der Waals surface area contributed by atoms with E-state index in [0.29, 0.717) is 22.0 Å². The lowest BCUT2D eigenvalue weighted by Crippen LogP contribution is -2.49. The molecule has 3 nitrogen and oxygen atoms in total. The molecule has 3 N–H and O–H groups in total. The van der Waals surface area contributed by atoms with Gasteiger partial charge in [0.15, 0.2) is 0 Å². The zero-order valence-corrected chi connectivity index (χ0v) is 11.8. The normalized spacial score (nSPS) is 14.2. The van der Waals surface area contributed by atoms with Crippen LogP contribution in [-0.4, -0.2) is 16.6 Å². The second-order valence-electron chi connectivity index (χ2n) is 4.48. The van der Waals surface area contributed by atoms with Crippen LogP contribution in [0.5, 0.6) is 0 Å². The van der Waals surface area contributed by atoms with Crippen LogP contribution < -0.4 is 5.73 Å². The minimum Gasteiger partial charge on any atom is -0.480 e. The Morgan fingerprint density at radius 2 is 2.11 bits per heavy atom. The molecule has 0 saturated carbocycles. The number of hydrogen-bond donors (Lipinski definition) is 2. The molecule has 0 radical (unpaired) electrons. The predicted molar refractivity (Wildman–Crippen MR) is 74.2 cm³/mol. The number of aliphatic carboxylic acids is 1. The standard InChI is InChI=1S/C13H17Cl2NO2/c1-2-3-6-13(16,12(17)18)8-9-4-5-10(14)7-11(9)15/h4-5,7H,2-3,6,8,16H2,1H3,(H,17,18)/t13-/m0/s1. The van der Waals surface area contributed by atoms with E-state index in [1.807, 2.05) is 6.92 Å². The van der Waals surface area contributed by atoms with Gasteiger partial charge in [0.25, 0.3) is 0 Å². The molecule has 100 valence electrons. The fourth-order valence-corrected chi connectivity index (χ4v) is 2.24. The average Bonchev–Trinajstić information content (AvgIpc) is 2.30. The molecule has 1 atom stereocenters. The summed E-state index contributed by atoms with van der Waals surface area (Å²) in [5.74, 6) is -0.998. The maximum atomic E-state index is 11.3. The monoisotopic (exact) mass is 289 g/mol. The van der Waals surface area contributed by atoms with Crippen LogP contribution in [0.1, 0.15) is 31.7 Å². The van der Waals surface area contributed by atoms with Crippen molar-refractivity contribution in [1.82, 2.24) is 0 Å². The van der Waals surface area contributed by atoms with Crippen molar-refractivity contribution in [2.75, 3.05) is 0 Å². The van der Waals surface area contributed by atoms with Crippen molar-refractivity contribution in [1.29, 1.82) is 0 Å². The summed E-state index contributed by atoms with van der Waals surface area (Å²) in [4.78, 5) is 11.3. The molecular formula is C13H17Cl2NO2. The number of carboxylic acid groups (broad SMARTS) is 1. The van der Waals surface area contributed by atoms with E-state index in [0.717, 1.165) is 12.8 Å². The molecule has 0 unspecified atom stereocenters. The summed E-state index contributed by atoms with van der Waals surface area (Å²) in [5, 5.41) is 10.2. The number of hydrogen-bond acceptors (Lipinski definition) is 2. The molecule has 0 aliphatic rings. The number of rotatable bonds is 6. The maximum absolute atomic E-state index is 11.3. The lowest BCUT2D eigenvalue weighted by Gasteiger charge is -2.25. The van der Waals surface area contributed by atoms with Gasteiger partial charge in [-0.1, -0.05) is 49.0 Å². The second kappa shape index (κ2) is 6.41. The summed E-state index contributed by atoms with van der Waals surface area (Å²) < 4.78 is 0. The Morgan fingerprint density at radius 1 is 1.44 bits per heavy atom. The Kier molecular flexibility index (Phi) is 5.45. The van der Waals surface area contributed by atoms with Crippen LogP contribution in [0.3, 0.4) is 0 Å². The molecule has 0 spiro atoms. The topological polar surface area (TPSA) is 63.3 Å². The van der Waals surface area contributed by atoms with Crippen molar-refractivity contribution in [2.24, 2.45) is 5.73 Å². The SMILES string of the molecule is CCCC[C@](N)(Cc1ccc(Cl)cc1Cl)C(=O)O. The minimum atomic E-state index is -1.27. The third-order valence-electron chi connectivity index (χ3n) is 2.92. The number of benzene rings is 1. The van der Waals surface area contributed by atoms with Gasteiger partial charge >= 0.3 is 5.97 Å². The third kappa shape index (κ3) is 3.87. The average molecular weight is 290 g/mol. The van der Waals surface area contributed by atoms with Crippen molar-refractivity contribution < 1.29 is 9.90 Å². The van der Waals surface area contributed by atoms with E-state index in [-0.39, 0.29) is 6.42 Å². The summed E-state index contributed by atoms with van der Waals surface area (Å²) in [6, 6.07) is 5.01. The lowest BCUT2D eigenvalue weighted by atomic mass is 9.87. The van der Waals surface area contributed by atoms with Gasteiger partial charge in [-0.2, -0.15) is 0 Å². The molecule has 1 rings (SSSR count). The summed E-state index contributed by atoms with van der Waals surface area (Å²) in [7, 11) is 0. The molecule has 1 aromatic carbocycles. The van der Waals surface area contributed by atoms with Crippen LogP contribution in [-0.2, 0) is 11.2 Å². The molecular weight excluding hydrogens is 273 g/mol. The first-order valence-electron chi connectivity index (χ1n) is 5.85. The van der Waals surface area contributed by atoms with Gasteiger partial charge in [0.1, 0.15) is 5.54 Å². The molecule has 0 fully saturated rings. The Hall–Kier alpha value is -0.770. The van der Waals surface area contributed by atoms with E-state index in [1.165, 1.54) is 0 Å². The lowest BCUT2D eigenvalue weighted by molar-refractivity contribution is -0.143. The van der Waals surface area contributed by atoms with E-state index < -0.39 is 11.5 Å². The fourth-order valence-electron chi connectivity index (χ4n) is 1.77. The molecule has 0 bridgehead atoms. The van der Waals surface area contributed by atoms with Crippen LogP contribution in [0, 0.1) is 0 Å². The van der Waals surface area contributed by atoms with Crippen LogP contribution in [0.15, 0.2) is 18.2 Å². The van der Waals surface area contributed by atoms with E-state index in [9.17, 15) is 9.90 Å². The smallest absolute Gasteiger partial charge is 0.324 e. The first kappa shape index (κ1) is 15.3. The number of nitrogens with two attached hydrogens (primary N) is 1. The Morgan fingerprint density at radius 3 is 2.61 bits per heavy atom. The molecule has 0 heterocycles. The van der Waals surface area contributed by atoms with Gasteiger partial charge < -0.3 is 10.8 Å². The molecule has 0 amide bonds. The molecule has 0 aromatic heterocycles. The number of unbranched alkanes of at least 4 members (excludes halogenated alkanes) is 1. The van der Waals surface area contributed by atoms with Crippen molar-refractivity contribution in [3.63, 3.8) is 0 Å². The Balaban J connectivity index is 2.92. The number of halogens is 2. The van der Waals surface area contributed by atoms with Crippen molar-refractivity contribution in [2.45, 2.75) is 38.1 Å². The highest BCUT2D eigenvalue weighted by molar-refractivity contribution is 6.35. The van der Waals surface area contributed by atoms with E-state index in [2.05, 4.69) is 0 Å². The predicted octanol–water partition coefficient (Wildman–Crippen LogP) is 3.51. The van der Waals surface area contributed by atoms with Crippen LogP contribution in [0.4, 0.5) is 0 Å². The zero-order chi connectivity index (χ0) is 13.8. The van der Waals surface area contributed by atoms with Crippen molar-refractivity contribution >= 4 is 29.2 Å². The summed E-state index contributed by atoms with van der Waals surface area (Å²) in [6.07, 6.45) is 2.31. The minimum absolute atomic E-state index is 0.207. The van der Waals surface area contributed by atoms with Crippen LogP contribution >= 0.6 is 23.2 Å². The molecule has 0 aliphatic heterocycles. The van der Waals surface area contributed by atoms with Crippen molar-refractivity contribution in [3.05, 3.63) is 33.8 Å². The summed E-state index contributed by atoms with van der Waals surface area (Å²) >= 11 is 11.8. The molecule has 0 saturated heterocycles. The maximum Gasteiger partial charge on any atom is 0.324 e. The van der Waals surface area contributed by atoms with Gasteiger partial charge in [-0.15, -0.1) is 0 Å². The second-order valence-corrected chi connectivity index (χ2v) is 5.32. The summed E-state index contributed by atoms with van der Waals surface area (Å²) in [5.41, 5.74) is 5.41. The number of carbonyl (C=O) groups is 1. The van der Waals surface area contributed by atoms with Gasteiger partial charge in [0, 0.05) is 16.5 Å². The van der Waals surface area contributed by atoms with Crippen LogP contribution in [0.25, 0.3) is 0 Å². The largest absolute Gasteiger partial charge is 0.480 e. The highest BCUT2D eigenvalue weighted by Gasteiger charge is 2.33. The van der Waals surface area contributed by atoms with E-state index >= 15 is 0 Å². The first-order valence-corrected chi connectivity index (χ1v) is 6.61. The van der Waals surface area contributed by atoms with Crippen molar-refractivity contribution in [3.8, 4) is 0 Å². The van der Waals surface area contributed by atoms with Gasteiger partial charge in [-0.3, -0.25) is 4.79 Å². The fraction of sp³-hybridized carbons (Fsp3) is 0.462. The zero-order valence-electron chi connectivity index (χ0n) is 10.2. The highest BCUT2D eigenvalue weighted by Crippen LogP contribution is 2.26. The molecule has 5 heteroatoms. The van der Waals surface area contributed by atoms with E-state index in [4.69, 9.17) is 28.9 Å². The highest BCUT2D eigenvalue weighted by atomic mass is 35.5. The van der Waals surface area contributed by atoms with Gasteiger partial charge in [0.05, 0.1) is 0 Å². The first-order chi connectivity index (χ1) is 8.39. The van der Waals surface area contributed by atoms with Crippen LogP contribution in [0.2, 0.25) is 10.0 Å². The van der Waals surface area contributed by atoms with E-state index in [1.54, 1.807) is 18.2 Å². The third-order valence-corrected chi connectivity index (χ3v) is 3.51. The van der Waals surface area contributed by atoms with Gasteiger partial charge in [0.2, 0.25) is 0 Å². The molecule has 0 aliphatic carbocycles.